The summed E-state index contributed by atoms with van der Waals surface area (Å²) in [5.74, 6) is -0.501. The highest BCUT2D eigenvalue weighted by Crippen LogP contribution is 2.04. The lowest BCUT2D eigenvalue weighted by molar-refractivity contribution is -0.118. The molecule has 0 unspecified atom stereocenters. The van der Waals surface area contributed by atoms with Crippen molar-refractivity contribution in [1.82, 2.24) is 0 Å². The number of primary amides is 1. The molecule has 0 saturated heterocycles. The van der Waals surface area contributed by atoms with Crippen molar-refractivity contribution in [3.8, 4) is 0 Å². The normalized spacial score (nSPS) is 12.6. The number of nitrogens with two attached hydrogens (primary N) is 2. The van der Waals surface area contributed by atoms with Gasteiger partial charge >= 0.3 is 0 Å². The Morgan fingerprint density at radius 3 is 2.50 bits per heavy atom. The van der Waals surface area contributed by atoms with E-state index in [-0.39, 0.29) is 0 Å². The minimum Gasteiger partial charge on any atom is -0.368 e. The van der Waals surface area contributed by atoms with E-state index in [2.05, 4.69) is 6.58 Å². The molecule has 3 nitrogen and oxygen atoms in total. The van der Waals surface area contributed by atoms with Crippen LogP contribution in [0.2, 0.25) is 0 Å². The third-order valence-electron chi connectivity index (χ3n) is 1.32. The molecule has 0 aromatic rings. The molecule has 10 heavy (non-hydrogen) atoms. The van der Waals surface area contributed by atoms with Gasteiger partial charge in [-0.05, 0) is 6.42 Å². The van der Waals surface area contributed by atoms with E-state index in [1.807, 2.05) is 6.92 Å². The van der Waals surface area contributed by atoms with E-state index in [0.29, 0.717) is 0 Å². The lowest BCUT2D eigenvalue weighted by Gasteiger charge is -2.08. The molecule has 4 N–H and O–H groups in total. The van der Waals surface area contributed by atoms with Crippen LogP contribution in [-0.4, -0.2) is 11.9 Å². The molecule has 0 aliphatic heterocycles. The molecule has 0 radical (unpaired) electrons. The average Bonchev–Trinajstić information content (AvgIpc) is 1.87. The Morgan fingerprint density at radius 2 is 2.20 bits per heavy atom. The third-order valence-corrected chi connectivity index (χ3v) is 1.32. The maximum Gasteiger partial charge on any atom is 0.238 e. The number of amides is 1. The predicted octanol–water partition coefficient (Wildman–Crippen LogP) is 0.155. The Bertz CT molecular complexity index is 143. The molecule has 0 heterocycles. The fraction of sp³-hybridized carbons (Fsp3) is 0.571. The van der Waals surface area contributed by atoms with Crippen molar-refractivity contribution in [1.29, 1.82) is 0 Å². The molecule has 0 spiro atoms. The van der Waals surface area contributed by atoms with Crippen LogP contribution in [0.25, 0.3) is 0 Å². The largest absolute Gasteiger partial charge is 0.368 e. The summed E-state index contributed by atoms with van der Waals surface area (Å²) in [6.07, 6.45) is 1.71. The Labute approximate surface area is 61.1 Å². The van der Waals surface area contributed by atoms with Gasteiger partial charge in [0.05, 0.1) is 0 Å². The van der Waals surface area contributed by atoms with Crippen LogP contribution in [0.5, 0.6) is 0 Å². The summed E-state index contributed by atoms with van der Waals surface area (Å²) < 4.78 is 0. The molecule has 3 heteroatoms. The maximum atomic E-state index is 10.5. The Hall–Kier alpha value is -0.830. The SMILES string of the molecule is C=C(CCC)[C@H](N)C(N)=O. The van der Waals surface area contributed by atoms with Gasteiger partial charge in [0.25, 0.3) is 0 Å². The molecule has 1 amide bonds. The van der Waals surface area contributed by atoms with Gasteiger partial charge in [-0.3, -0.25) is 4.79 Å². The number of hydrogen-bond acceptors (Lipinski definition) is 2. The topological polar surface area (TPSA) is 69.1 Å². The van der Waals surface area contributed by atoms with Gasteiger partial charge in [0.2, 0.25) is 5.91 Å². The fourth-order valence-electron chi connectivity index (χ4n) is 0.678. The van der Waals surface area contributed by atoms with Gasteiger partial charge in [0.15, 0.2) is 0 Å². The van der Waals surface area contributed by atoms with E-state index < -0.39 is 11.9 Å². The highest BCUT2D eigenvalue weighted by molar-refractivity contribution is 5.82. The van der Waals surface area contributed by atoms with Crippen molar-refractivity contribution in [2.24, 2.45) is 11.5 Å². The number of carbonyl (C=O) groups is 1. The second-order valence-corrected chi connectivity index (χ2v) is 2.29. The first-order valence-electron chi connectivity index (χ1n) is 3.32. The summed E-state index contributed by atoms with van der Waals surface area (Å²) in [5.41, 5.74) is 11.0. The molecule has 0 rings (SSSR count). The maximum absolute atomic E-state index is 10.5. The van der Waals surface area contributed by atoms with E-state index >= 15 is 0 Å². The summed E-state index contributed by atoms with van der Waals surface area (Å²) in [7, 11) is 0. The zero-order valence-corrected chi connectivity index (χ0v) is 6.26. The smallest absolute Gasteiger partial charge is 0.238 e. The van der Waals surface area contributed by atoms with Crippen molar-refractivity contribution >= 4 is 5.91 Å². The third kappa shape index (κ3) is 2.64. The van der Waals surface area contributed by atoms with E-state index in [1.165, 1.54) is 0 Å². The molecule has 0 aliphatic carbocycles. The van der Waals surface area contributed by atoms with Gasteiger partial charge in [-0.15, -0.1) is 0 Å². The monoisotopic (exact) mass is 142 g/mol. The zero-order chi connectivity index (χ0) is 8.15. The van der Waals surface area contributed by atoms with E-state index in [9.17, 15) is 4.79 Å². The molecular formula is C7H14N2O. The van der Waals surface area contributed by atoms with Crippen molar-refractivity contribution < 1.29 is 4.79 Å². The summed E-state index contributed by atoms with van der Waals surface area (Å²) in [5, 5.41) is 0. The van der Waals surface area contributed by atoms with Crippen LogP contribution < -0.4 is 11.5 Å². The molecule has 1 atom stereocenters. The lowest BCUT2D eigenvalue weighted by atomic mass is 10.1. The first-order valence-corrected chi connectivity index (χ1v) is 3.32. The van der Waals surface area contributed by atoms with Gasteiger partial charge in [-0.25, -0.2) is 0 Å². The van der Waals surface area contributed by atoms with Gasteiger partial charge in [0.1, 0.15) is 6.04 Å². The van der Waals surface area contributed by atoms with Crippen molar-refractivity contribution in [3.63, 3.8) is 0 Å². The lowest BCUT2D eigenvalue weighted by Crippen LogP contribution is -2.37. The van der Waals surface area contributed by atoms with E-state index in [4.69, 9.17) is 11.5 Å². The minimum atomic E-state index is -0.667. The highest BCUT2D eigenvalue weighted by Gasteiger charge is 2.11. The molecule has 0 bridgehead atoms. The van der Waals surface area contributed by atoms with Crippen molar-refractivity contribution in [2.75, 3.05) is 0 Å². The quantitative estimate of drug-likeness (QED) is 0.549. The average molecular weight is 142 g/mol. The Morgan fingerprint density at radius 1 is 1.70 bits per heavy atom. The molecule has 0 aliphatic rings. The summed E-state index contributed by atoms with van der Waals surface area (Å²) in [6, 6.07) is -0.667. The van der Waals surface area contributed by atoms with Gasteiger partial charge < -0.3 is 11.5 Å². The van der Waals surface area contributed by atoms with Gasteiger partial charge in [-0.1, -0.05) is 25.5 Å². The molecular weight excluding hydrogens is 128 g/mol. The van der Waals surface area contributed by atoms with Gasteiger partial charge in [-0.2, -0.15) is 0 Å². The molecule has 0 aromatic heterocycles. The zero-order valence-electron chi connectivity index (χ0n) is 6.26. The second kappa shape index (κ2) is 4.06. The summed E-state index contributed by atoms with van der Waals surface area (Å²) in [6.45, 7) is 5.64. The minimum absolute atomic E-state index is 0.501. The van der Waals surface area contributed by atoms with Crippen LogP contribution in [-0.2, 0) is 4.79 Å². The predicted molar refractivity (Wildman–Crippen MR) is 41.2 cm³/mol. The van der Waals surface area contributed by atoms with Crippen LogP contribution in [0.4, 0.5) is 0 Å². The number of hydrogen-bond donors (Lipinski definition) is 2. The Balaban J connectivity index is 3.82. The summed E-state index contributed by atoms with van der Waals surface area (Å²) >= 11 is 0. The van der Waals surface area contributed by atoms with Crippen LogP contribution in [0.3, 0.4) is 0 Å². The number of rotatable bonds is 4. The Kier molecular flexibility index (Phi) is 3.72. The van der Waals surface area contributed by atoms with Crippen LogP contribution in [0.15, 0.2) is 12.2 Å². The van der Waals surface area contributed by atoms with E-state index in [1.54, 1.807) is 0 Å². The molecule has 0 fully saturated rings. The van der Waals surface area contributed by atoms with Crippen LogP contribution in [0, 0.1) is 0 Å². The summed E-state index contributed by atoms with van der Waals surface area (Å²) in [4.78, 5) is 10.5. The first-order chi connectivity index (χ1) is 4.59. The van der Waals surface area contributed by atoms with Gasteiger partial charge in [0, 0.05) is 0 Å². The standard InChI is InChI=1S/C7H14N2O/c1-3-4-5(2)6(8)7(9)10/h6H,2-4,8H2,1H3,(H2,9,10)/t6-/m0/s1. The number of carbonyl (C=O) groups excluding carboxylic acids is 1. The highest BCUT2D eigenvalue weighted by atomic mass is 16.1. The van der Waals surface area contributed by atoms with Crippen LogP contribution in [0.1, 0.15) is 19.8 Å². The van der Waals surface area contributed by atoms with Crippen molar-refractivity contribution in [3.05, 3.63) is 12.2 Å². The molecule has 58 valence electrons. The molecule has 0 aromatic carbocycles. The fourth-order valence-corrected chi connectivity index (χ4v) is 0.678. The van der Waals surface area contributed by atoms with E-state index in [0.717, 1.165) is 18.4 Å². The first kappa shape index (κ1) is 9.17. The molecule has 0 saturated carbocycles. The second-order valence-electron chi connectivity index (χ2n) is 2.29. The van der Waals surface area contributed by atoms with Crippen molar-refractivity contribution in [2.45, 2.75) is 25.8 Å². The van der Waals surface area contributed by atoms with Crippen LogP contribution >= 0.6 is 0 Å².